The summed E-state index contributed by atoms with van der Waals surface area (Å²) in [6.45, 7) is 7.11. The second kappa shape index (κ2) is 5.83. The Hall–Kier alpha value is -0.120. The molecule has 1 rings (SSSR count). The van der Waals surface area contributed by atoms with Crippen LogP contribution in [-0.2, 0) is 4.74 Å². The van der Waals surface area contributed by atoms with Gasteiger partial charge in [0, 0.05) is 20.2 Å². The van der Waals surface area contributed by atoms with Gasteiger partial charge < -0.3 is 9.84 Å². The van der Waals surface area contributed by atoms with Crippen molar-refractivity contribution >= 4 is 0 Å². The molecule has 3 heteroatoms. The van der Waals surface area contributed by atoms with Crippen LogP contribution >= 0.6 is 0 Å². The van der Waals surface area contributed by atoms with Crippen molar-refractivity contribution in [3.63, 3.8) is 0 Å². The molecular formula is C12H25NO2. The van der Waals surface area contributed by atoms with Gasteiger partial charge in [-0.3, -0.25) is 4.90 Å². The number of hydrogen-bond acceptors (Lipinski definition) is 3. The van der Waals surface area contributed by atoms with E-state index in [0.717, 1.165) is 38.9 Å². The minimum atomic E-state index is -0.172. The summed E-state index contributed by atoms with van der Waals surface area (Å²) in [5.74, 6) is 0. The topological polar surface area (TPSA) is 32.7 Å². The highest BCUT2D eigenvalue weighted by Gasteiger charge is 2.31. The van der Waals surface area contributed by atoms with Crippen molar-refractivity contribution in [2.24, 2.45) is 0 Å². The summed E-state index contributed by atoms with van der Waals surface area (Å²) in [6.07, 6.45) is 4.08. The molecule has 1 aliphatic rings. The van der Waals surface area contributed by atoms with E-state index in [1.54, 1.807) is 7.11 Å². The number of rotatable bonds is 5. The molecule has 0 spiro atoms. The number of hydrogen-bond donors (Lipinski definition) is 1. The molecule has 1 fully saturated rings. The molecule has 15 heavy (non-hydrogen) atoms. The Balaban J connectivity index is 2.36. The van der Waals surface area contributed by atoms with Crippen molar-refractivity contribution in [2.45, 2.75) is 51.2 Å². The molecular weight excluding hydrogens is 190 g/mol. The maximum atomic E-state index is 9.76. The minimum Gasteiger partial charge on any atom is -0.392 e. The first kappa shape index (κ1) is 12.9. The summed E-state index contributed by atoms with van der Waals surface area (Å²) < 4.78 is 5.53. The summed E-state index contributed by atoms with van der Waals surface area (Å²) >= 11 is 0. The second-order valence-electron chi connectivity index (χ2n) is 4.94. The van der Waals surface area contributed by atoms with E-state index < -0.39 is 0 Å². The summed E-state index contributed by atoms with van der Waals surface area (Å²) in [6, 6.07) is 0. The minimum absolute atomic E-state index is 0.00974. The molecule has 0 bridgehead atoms. The van der Waals surface area contributed by atoms with Crippen LogP contribution in [0.15, 0.2) is 0 Å². The molecule has 3 nitrogen and oxygen atoms in total. The van der Waals surface area contributed by atoms with E-state index in [4.69, 9.17) is 4.74 Å². The van der Waals surface area contributed by atoms with Crippen LogP contribution in [0.4, 0.5) is 0 Å². The predicted octanol–water partition coefficient (Wildman–Crippen LogP) is 1.65. The molecule has 2 atom stereocenters. The van der Waals surface area contributed by atoms with Crippen molar-refractivity contribution in [1.82, 2.24) is 4.90 Å². The highest BCUT2D eigenvalue weighted by Crippen LogP contribution is 2.23. The van der Waals surface area contributed by atoms with Gasteiger partial charge in [-0.1, -0.05) is 13.3 Å². The molecule has 0 aromatic carbocycles. The number of β-amino-alcohol motifs (C(OH)–C–C–N with tert-alkyl or cyclic N) is 1. The van der Waals surface area contributed by atoms with Crippen LogP contribution in [0, 0.1) is 0 Å². The molecule has 1 saturated heterocycles. The zero-order valence-corrected chi connectivity index (χ0v) is 10.3. The maximum absolute atomic E-state index is 9.76. The highest BCUT2D eigenvalue weighted by atomic mass is 16.5. The number of nitrogens with zero attached hydrogens (tertiary/aromatic N) is 1. The van der Waals surface area contributed by atoms with Gasteiger partial charge in [0.1, 0.15) is 0 Å². The SMILES string of the molecule is CCCC(O)CN1CCCC(C)(OC)C1. The maximum Gasteiger partial charge on any atom is 0.0777 e. The molecule has 1 N–H and O–H groups in total. The number of piperidine rings is 1. The Bertz CT molecular complexity index is 186. The van der Waals surface area contributed by atoms with Gasteiger partial charge in [0.05, 0.1) is 11.7 Å². The first-order chi connectivity index (χ1) is 7.09. The Morgan fingerprint density at radius 2 is 2.27 bits per heavy atom. The van der Waals surface area contributed by atoms with E-state index in [0.29, 0.717) is 0 Å². The van der Waals surface area contributed by atoms with E-state index in [-0.39, 0.29) is 11.7 Å². The van der Waals surface area contributed by atoms with E-state index >= 15 is 0 Å². The first-order valence-corrected chi connectivity index (χ1v) is 6.05. The fourth-order valence-electron chi connectivity index (χ4n) is 2.35. The van der Waals surface area contributed by atoms with Gasteiger partial charge in [-0.05, 0) is 32.7 Å². The number of aliphatic hydroxyl groups excluding tert-OH is 1. The number of methoxy groups -OCH3 is 1. The fraction of sp³-hybridized carbons (Fsp3) is 1.00. The van der Waals surface area contributed by atoms with Crippen molar-refractivity contribution in [1.29, 1.82) is 0 Å². The second-order valence-corrected chi connectivity index (χ2v) is 4.94. The monoisotopic (exact) mass is 215 g/mol. The Morgan fingerprint density at radius 1 is 1.53 bits per heavy atom. The predicted molar refractivity (Wildman–Crippen MR) is 62.0 cm³/mol. The van der Waals surface area contributed by atoms with Crippen LogP contribution in [0.25, 0.3) is 0 Å². The lowest BCUT2D eigenvalue weighted by Crippen LogP contribution is -2.49. The number of aliphatic hydroxyl groups is 1. The smallest absolute Gasteiger partial charge is 0.0777 e. The van der Waals surface area contributed by atoms with Crippen molar-refractivity contribution < 1.29 is 9.84 Å². The Labute approximate surface area is 93.4 Å². The van der Waals surface area contributed by atoms with Crippen molar-refractivity contribution in [2.75, 3.05) is 26.7 Å². The lowest BCUT2D eigenvalue weighted by Gasteiger charge is -2.40. The van der Waals surface area contributed by atoms with Gasteiger partial charge in [-0.25, -0.2) is 0 Å². The summed E-state index contributed by atoms with van der Waals surface area (Å²) in [5.41, 5.74) is -0.00974. The average molecular weight is 215 g/mol. The van der Waals surface area contributed by atoms with E-state index in [1.807, 2.05) is 0 Å². The summed E-state index contributed by atoms with van der Waals surface area (Å²) in [4.78, 5) is 2.33. The standard InChI is InChI=1S/C12H25NO2/c1-4-6-11(14)9-13-8-5-7-12(2,10-13)15-3/h11,14H,4-10H2,1-3H3. The van der Waals surface area contributed by atoms with Crippen LogP contribution in [0.3, 0.4) is 0 Å². The van der Waals surface area contributed by atoms with Crippen LogP contribution in [-0.4, -0.2) is 48.5 Å². The third-order valence-corrected chi connectivity index (χ3v) is 3.32. The lowest BCUT2D eigenvalue weighted by atomic mass is 9.94. The van der Waals surface area contributed by atoms with Crippen molar-refractivity contribution in [3.8, 4) is 0 Å². The highest BCUT2D eigenvalue weighted by molar-refractivity contribution is 4.85. The van der Waals surface area contributed by atoms with Crippen LogP contribution in [0.2, 0.25) is 0 Å². The van der Waals surface area contributed by atoms with E-state index in [2.05, 4.69) is 18.7 Å². The largest absolute Gasteiger partial charge is 0.392 e. The van der Waals surface area contributed by atoms with Crippen LogP contribution in [0.1, 0.15) is 39.5 Å². The van der Waals surface area contributed by atoms with Crippen molar-refractivity contribution in [3.05, 3.63) is 0 Å². The molecule has 0 aromatic heterocycles. The normalized spacial score (nSPS) is 30.4. The summed E-state index contributed by atoms with van der Waals surface area (Å²) in [5, 5.41) is 9.76. The van der Waals surface area contributed by atoms with Gasteiger partial charge >= 0.3 is 0 Å². The quantitative estimate of drug-likeness (QED) is 0.757. The van der Waals surface area contributed by atoms with Gasteiger partial charge in [0.25, 0.3) is 0 Å². The van der Waals surface area contributed by atoms with E-state index in [1.165, 1.54) is 6.42 Å². The molecule has 0 aliphatic carbocycles. The summed E-state index contributed by atoms with van der Waals surface area (Å²) in [7, 11) is 1.78. The van der Waals surface area contributed by atoms with Crippen LogP contribution < -0.4 is 0 Å². The first-order valence-electron chi connectivity index (χ1n) is 6.05. The molecule has 90 valence electrons. The zero-order valence-electron chi connectivity index (χ0n) is 10.3. The Morgan fingerprint density at radius 3 is 2.87 bits per heavy atom. The zero-order chi connectivity index (χ0) is 11.3. The molecule has 2 unspecified atom stereocenters. The van der Waals surface area contributed by atoms with Gasteiger partial charge in [0.15, 0.2) is 0 Å². The molecule has 1 aliphatic heterocycles. The molecule has 0 aromatic rings. The third-order valence-electron chi connectivity index (χ3n) is 3.32. The van der Waals surface area contributed by atoms with Gasteiger partial charge in [0.2, 0.25) is 0 Å². The Kier molecular flexibility index (Phi) is 5.03. The number of ether oxygens (including phenoxy) is 1. The van der Waals surface area contributed by atoms with Gasteiger partial charge in [-0.15, -0.1) is 0 Å². The molecule has 0 amide bonds. The fourth-order valence-corrected chi connectivity index (χ4v) is 2.35. The van der Waals surface area contributed by atoms with E-state index in [9.17, 15) is 5.11 Å². The third kappa shape index (κ3) is 4.09. The molecule has 0 radical (unpaired) electrons. The molecule has 0 saturated carbocycles. The molecule has 1 heterocycles. The van der Waals surface area contributed by atoms with Gasteiger partial charge in [-0.2, -0.15) is 0 Å². The average Bonchev–Trinajstić information content (AvgIpc) is 2.18. The van der Waals surface area contributed by atoms with Crippen LogP contribution in [0.5, 0.6) is 0 Å². The number of likely N-dealkylation sites (tertiary alicyclic amines) is 1. The lowest BCUT2D eigenvalue weighted by molar-refractivity contribution is -0.0588.